The molecule has 2 fully saturated rings. The molecule has 3 nitrogen and oxygen atoms in total. The minimum atomic E-state index is 0.758. The average Bonchev–Trinajstić information content (AvgIpc) is 3.24. The molecule has 0 radical (unpaired) electrons. The Kier molecular flexibility index (Phi) is 3.48. The molecular weight excluding hydrogens is 282 g/mol. The van der Waals surface area contributed by atoms with Crippen molar-refractivity contribution in [2.75, 3.05) is 25.0 Å². The van der Waals surface area contributed by atoms with Crippen molar-refractivity contribution in [2.24, 2.45) is 5.92 Å². The van der Waals surface area contributed by atoms with Crippen LogP contribution in [0.4, 0.5) is 5.82 Å². The Morgan fingerprint density at radius 2 is 2.10 bits per heavy atom. The highest BCUT2D eigenvalue weighted by molar-refractivity contribution is 6.31. The number of pyridine rings is 1. The fraction of sp³-hybridized carbons (Fsp3) is 0.471. The Balaban J connectivity index is 1.39. The zero-order chi connectivity index (χ0) is 14.2. The van der Waals surface area contributed by atoms with E-state index in [0.29, 0.717) is 0 Å². The number of halogens is 1. The zero-order valence-electron chi connectivity index (χ0n) is 12.1. The number of nitrogens with one attached hydrogen (secondary N) is 1. The maximum Gasteiger partial charge on any atom is 0.126 e. The molecule has 4 rings (SSSR count). The van der Waals surface area contributed by atoms with Gasteiger partial charge < -0.3 is 10.2 Å². The molecule has 1 saturated carbocycles. The maximum atomic E-state index is 6.00. The summed E-state index contributed by atoms with van der Waals surface area (Å²) in [5.41, 5.74) is 0.996. The Morgan fingerprint density at radius 1 is 1.19 bits per heavy atom. The summed E-state index contributed by atoms with van der Waals surface area (Å²) in [7, 11) is 0. The molecule has 2 heterocycles. The molecule has 2 aliphatic rings. The van der Waals surface area contributed by atoms with Crippen LogP contribution < -0.4 is 5.32 Å². The van der Waals surface area contributed by atoms with Crippen molar-refractivity contribution in [2.45, 2.75) is 25.3 Å². The van der Waals surface area contributed by atoms with E-state index in [-0.39, 0.29) is 0 Å². The number of aromatic nitrogens is 1. The van der Waals surface area contributed by atoms with Crippen molar-refractivity contribution >= 4 is 28.3 Å². The molecule has 1 aromatic heterocycles. The van der Waals surface area contributed by atoms with Gasteiger partial charge in [-0.25, -0.2) is 4.98 Å². The molecule has 1 atom stereocenters. The second-order valence-corrected chi connectivity index (χ2v) is 6.73. The number of anilines is 1. The normalized spacial score (nSPS) is 22.8. The van der Waals surface area contributed by atoms with Crippen molar-refractivity contribution in [1.29, 1.82) is 0 Å². The lowest BCUT2D eigenvalue weighted by Crippen LogP contribution is -2.24. The average molecular weight is 302 g/mol. The van der Waals surface area contributed by atoms with E-state index in [0.717, 1.165) is 40.2 Å². The van der Waals surface area contributed by atoms with Gasteiger partial charge >= 0.3 is 0 Å². The topological polar surface area (TPSA) is 28.2 Å². The van der Waals surface area contributed by atoms with Gasteiger partial charge in [0.15, 0.2) is 0 Å². The molecule has 2 aromatic rings. The van der Waals surface area contributed by atoms with Gasteiger partial charge in [0.05, 0.1) is 5.52 Å². The quantitative estimate of drug-likeness (QED) is 0.931. The zero-order valence-corrected chi connectivity index (χ0v) is 12.8. The number of hydrogen-bond acceptors (Lipinski definition) is 3. The summed E-state index contributed by atoms with van der Waals surface area (Å²) >= 11 is 6.00. The van der Waals surface area contributed by atoms with Gasteiger partial charge in [-0.1, -0.05) is 11.6 Å². The first kappa shape index (κ1) is 13.4. The van der Waals surface area contributed by atoms with Crippen LogP contribution in [-0.2, 0) is 0 Å². The molecular formula is C17H20ClN3. The van der Waals surface area contributed by atoms with Crippen LogP contribution in [-0.4, -0.2) is 35.6 Å². The molecule has 0 spiro atoms. The van der Waals surface area contributed by atoms with E-state index in [2.05, 4.69) is 21.3 Å². The molecule has 1 aromatic carbocycles. The van der Waals surface area contributed by atoms with Gasteiger partial charge in [-0.3, -0.25) is 0 Å². The first-order valence-corrected chi connectivity index (χ1v) is 8.20. The Morgan fingerprint density at radius 3 is 2.95 bits per heavy atom. The van der Waals surface area contributed by atoms with Crippen LogP contribution in [0, 0.1) is 5.92 Å². The summed E-state index contributed by atoms with van der Waals surface area (Å²) in [6.45, 7) is 3.55. The summed E-state index contributed by atoms with van der Waals surface area (Å²) in [4.78, 5) is 7.32. The van der Waals surface area contributed by atoms with E-state index in [9.17, 15) is 0 Å². The molecule has 4 heteroatoms. The Labute approximate surface area is 130 Å². The smallest absolute Gasteiger partial charge is 0.126 e. The van der Waals surface area contributed by atoms with Crippen molar-refractivity contribution in [3.05, 3.63) is 35.4 Å². The Hall–Kier alpha value is -1.32. The molecule has 1 aliphatic carbocycles. The van der Waals surface area contributed by atoms with Gasteiger partial charge in [-0.05, 0) is 62.1 Å². The lowest BCUT2D eigenvalue weighted by Gasteiger charge is -2.15. The van der Waals surface area contributed by atoms with E-state index in [4.69, 9.17) is 11.6 Å². The maximum absolute atomic E-state index is 6.00. The van der Waals surface area contributed by atoms with Gasteiger partial charge in [0, 0.05) is 29.5 Å². The first-order valence-electron chi connectivity index (χ1n) is 7.82. The minimum absolute atomic E-state index is 0.758. The number of rotatable bonds is 4. The lowest BCUT2D eigenvalue weighted by molar-refractivity contribution is 0.316. The predicted molar refractivity (Wildman–Crippen MR) is 87.9 cm³/mol. The number of likely N-dealkylation sites (tertiary alicyclic amines) is 1. The second-order valence-electron chi connectivity index (χ2n) is 6.30. The molecule has 1 unspecified atom stereocenters. The van der Waals surface area contributed by atoms with E-state index in [1.54, 1.807) is 0 Å². The highest BCUT2D eigenvalue weighted by atomic mass is 35.5. The second kappa shape index (κ2) is 5.47. The van der Waals surface area contributed by atoms with Crippen molar-refractivity contribution in [3.8, 4) is 0 Å². The number of nitrogens with zero attached hydrogens (tertiary/aromatic N) is 2. The molecule has 21 heavy (non-hydrogen) atoms. The summed E-state index contributed by atoms with van der Waals surface area (Å²) in [6.07, 6.45) is 4.14. The standard InChI is InChI=1S/C17H20ClN3/c18-14-2-5-16-13(9-14)1-6-17(20-16)19-10-12-7-8-21(11-12)15-3-4-15/h1-2,5-6,9,12,15H,3-4,7-8,10-11H2,(H,19,20). The van der Waals surface area contributed by atoms with Crippen LogP contribution in [0.1, 0.15) is 19.3 Å². The lowest BCUT2D eigenvalue weighted by atomic mass is 10.1. The summed E-state index contributed by atoms with van der Waals surface area (Å²) in [5.74, 6) is 1.73. The molecule has 0 amide bonds. The predicted octanol–water partition coefficient (Wildman–Crippen LogP) is 3.78. The minimum Gasteiger partial charge on any atom is -0.370 e. The third-order valence-electron chi connectivity index (χ3n) is 4.60. The third-order valence-corrected chi connectivity index (χ3v) is 4.84. The van der Waals surface area contributed by atoms with E-state index >= 15 is 0 Å². The van der Waals surface area contributed by atoms with Crippen LogP contribution in [0.5, 0.6) is 0 Å². The van der Waals surface area contributed by atoms with Gasteiger partial charge in [0.1, 0.15) is 5.82 Å². The molecule has 1 saturated heterocycles. The Bertz CT molecular complexity index is 654. The fourth-order valence-corrected chi connectivity index (χ4v) is 3.42. The summed E-state index contributed by atoms with van der Waals surface area (Å²) < 4.78 is 0. The van der Waals surface area contributed by atoms with Crippen molar-refractivity contribution in [3.63, 3.8) is 0 Å². The highest BCUT2D eigenvalue weighted by Gasteiger charge is 2.34. The van der Waals surface area contributed by atoms with Gasteiger partial charge in [-0.15, -0.1) is 0 Å². The molecule has 1 N–H and O–H groups in total. The van der Waals surface area contributed by atoms with Gasteiger partial charge in [-0.2, -0.15) is 0 Å². The monoisotopic (exact) mass is 301 g/mol. The first-order chi connectivity index (χ1) is 10.3. The highest BCUT2D eigenvalue weighted by Crippen LogP contribution is 2.31. The largest absolute Gasteiger partial charge is 0.370 e. The SMILES string of the molecule is Clc1ccc2nc(NCC3CCN(C4CC4)C3)ccc2c1. The molecule has 1 aliphatic heterocycles. The van der Waals surface area contributed by atoms with E-state index < -0.39 is 0 Å². The number of benzene rings is 1. The van der Waals surface area contributed by atoms with Crippen LogP contribution in [0.2, 0.25) is 5.02 Å². The molecule has 0 bridgehead atoms. The molecule has 110 valence electrons. The fourth-order valence-electron chi connectivity index (χ4n) is 3.24. The van der Waals surface area contributed by atoms with E-state index in [1.807, 2.05) is 24.3 Å². The number of hydrogen-bond donors (Lipinski definition) is 1. The van der Waals surface area contributed by atoms with E-state index in [1.165, 1.54) is 32.4 Å². The van der Waals surface area contributed by atoms with Crippen LogP contribution in [0.15, 0.2) is 30.3 Å². The van der Waals surface area contributed by atoms with Crippen molar-refractivity contribution in [1.82, 2.24) is 9.88 Å². The summed E-state index contributed by atoms with van der Waals surface area (Å²) in [5, 5.41) is 5.35. The van der Waals surface area contributed by atoms with Crippen LogP contribution in [0.3, 0.4) is 0 Å². The van der Waals surface area contributed by atoms with Crippen LogP contribution in [0.25, 0.3) is 10.9 Å². The van der Waals surface area contributed by atoms with Gasteiger partial charge in [0.2, 0.25) is 0 Å². The number of fused-ring (bicyclic) bond motifs is 1. The summed E-state index contributed by atoms with van der Waals surface area (Å²) in [6, 6.07) is 10.9. The third kappa shape index (κ3) is 2.99. The van der Waals surface area contributed by atoms with Crippen molar-refractivity contribution < 1.29 is 0 Å². The van der Waals surface area contributed by atoms with Crippen LogP contribution >= 0.6 is 11.6 Å². The van der Waals surface area contributed by atoms with Gasteiger partial charge in [0.25, 0.3) is 0 Å².